The number of aryl methyl sites for hydroxylation is 1. The molecule has 5 heteroatoms. The summed E-state index contributed by atoms with van der Waals surface area (Å²) in [6.45, 7) is 6.32. The second-order valence-electron chi connectivity index (χ2n) is 6.45. The fourth-order valence-electron chi connectivity index (χ4n) is 3.04. The van der Waals surface area contributed by atoms with Crippen LogP contribution < -0.4 is 57.8 Å². The number of aromatic nitrogens is 1. The molecule has 0 fully saturated rings. The molecule has 26 heavy (non-hydrogen) atoms. The van der Waals surface area contributed by atoms with Crippen molar-refractivity contribution in [1.82, 2.24) is 0 Å². The molecule has 1 atom stereocenters. The highest BCUT2D eigenvalue weighted by atomic mass is 127. The van der Waals surface area contributed by atoms with E-state index in [0.717, 1.165) is 25.6 Å². The van der Waals surface area contributed by atoms with Crippen LogP contribution >= 0.6 is 0 Å². The lowest BCUT2D eigenvalue weighted by Gasteiger charge is -2.18. The second-order valence-corrected chi connectivity index (χ2v) is 6.45. The maximum absolute atomic E-state index is 6.28. The van der Waals surface area contributed by atoms with Crippen molar-refractivity contribution >= 4 is 0 Å². The van der Waals surface area contributed by atoms with Gasteiger partial charge < -0.3 is 58.0 Å². The average Bonchev–Trinajstić information content (AvgIpc) is 2.61. The molecule has 0 aliphatic heterocycles. The van der Waals surface area contributed by atoms with Gasteiger partial charge in [-0.2, -0.15) is 0 Å². The van der Waals surface area contributed by atoms with Crippen LogP contribution in [-0.2, 0) is 18.2 Å². The Kier molecular flexibility index (Phi) is 14.6. The zero-order chi connectivity index (χ0) is 17.2. The Labute approximate surface area is 193 Å². The van der Waals surface area contributed by atoms with Crippen molar-refractivity contribution in [3.63, 3.8) is 0 Å². The molecule has 3 nitrogen and oxygen atoms in total. The van der Waals surface area contributed by atoms with Gasteiger partial charge in [0.15, 0.2) is 12.4 Å². The van der Waals surface area contributed by atoms with E-state index in [1.807, 2.05) is 0 Å². The fraction of sp³-hybridized carbons (Fsp3) is 0.476. The van der Waals surface area contributed by atoms with Crippen molar-refractivity contribution in [1.29, 1.82) is 0 Å². The summed E-state index contributed by atoms with van der Waals surface area (Å²) in [7, 11) is 2.06. The Bertz CT molecular complexity index is 592. The minimum Gasteiger partial charge on any atom is -1.00 e. The van der Waals surface area contributed by atoms with Crippen molar-refractivity contribution < 1.29 is 62.6 Å². The third-order valence-electron chi connectivity index (χ3n) is 4.58. The molecule has 0 radical (unpaired) electrons. The molecule has 0 amide bonds. The predicted octanol–water partition coefficient (Wildman–Crippen LogP) is -3.43. The van der Waals surface area contributed by atoms with Gasteiger partial charge in [-0.15, -0.1) is 0 Å². The number of hydrogen-bond donors (Lipinski definition) is 1. The molecule has 2 rings (SSSR count). The molecular weight excluding hydrogens is 550 g/mol. The molecule has 1 aromatic carbocycles. The Morgan fingerprint density at radius 3 is 2.31 bits per heavy atom. The van der Waals surface area contributed by atoms with Crippen molar-refractivity contribution in [2.24, 2.45) is 7.05 Å². The molecule has 146 valence electrons. The van der Waals surface area contributed by atoms with Crippen LogP contribution in [0.5, 0.6) is 0 Å². The van der Waals surface area contributed by atoms with Gasteiger partial charge in [-0.3, -0.25) is 0 Å². The van der Waals surface area contributed by atoms with Crippen LogP contribution in [0.2, 0.25) is 0 Å². The zero-order valence-electron chi connectivity index (χ0n) is 16.1. The largest absolute Gasteiger partial charge is 1.00 e. The molecule has 0 saturated carbocycles. The van der Waals surface area contributed by atoms with Gasteiger partial charge in [-0.25, -0.2) is 4.57 Å². The summed E-state index contributed by atoms with van der Waals surface area (Å²) in [4.78, 5) is 0. The third-order valence-corrected chi connectivity index (χ3v) is 4.58. The number of halogens is 2. The first kappa shape index (κ1) is 25.8. The number of nitrogens with zero attached hydrogens (tertiary/aromatic N) is 1. The molecule has 2 N–H and O–H groups in total. The van der Waals surface area contributed by atoms with E-state index in [1.165, 1.54) is 24.0 Å². The number of rotatable bonds is 10. The molecule has 1 aromatic heterocycles. The standard InChI is InChI=1S/C21H31N2O.2HI/c1-4-20(5-2)22-13-15-24-21(16-18-10-7-6-8-11-18)19-12-9-14-23(3)17-19;;/h6-12,14,17,20-22H,4-5,13,15-16H2,1-3H3;2*1H/q+1;;/p-1. The number of quaternary nitrogens is 1. The van der Waals surface area contributed by atoms with Gasteiger partial charge in [-0.05, 0) is 24.5 Å². The van der Waals surface area contributed by atoms with Gasteiger partial charge in [0, 0.05) is 18.1 Å². The SMILES string of the molecule is CCC(CC)[NH2+]CCOC(Cc1ccccc1)c1ccc[n+](C)c1.[I-].[I-]. The molecule has 0 spiro atoms. The van der Waals surface area contributed by atoms with Crippen LogP contribution in [-0.4, -0.2) is 19.2 Å². The minimum absolute atomic E-state index is 0. The molecule has 2 aromatic rings. The summed E-state index contributed by atoms with van der Waals surface area (Å²) in [6, 6.07) is 15.6. The van der Waals surface area contributed by atoms with Gasteiger partial charge in [0.05, 0.1) is 25.3 Å². The first-order chi connectivity index (χ1) is 11.7. The fourth-order valence-corrected chi connectivity index (χ4v) is 3.04. The highest BCUT2D eigenvalue weighted by molar-refractivity contribution is 5.19. The molecule has 0 bridgehead atoms. The zero-order valence-corrected chi connectivity index (χ0v) is 20.4. The van der Waals surface area contributed by atoms with E-state index in [-0.39, 0.29) is 54.1 Å². The van der Waals surface area contributed by atoms with Crippen molar-refractivity contribution in [2.45, 2.75) is 45.3 Å². The first-order valence-corrected chi connectivity index (χ1v) is 9.17. The Morgan fingerprint density at radius 2 is 1.69 bits per heavy atom. The van der Waals surface area contributed by atoms with Crippen molar-refractivity contribution in [3.05, 3.63) is 66.0 Å². The molecular formula is C21H32I2N2O. The van der Waals surface area contributed by atoms with E-state index in [0.29, 0.717) is 0 Å². The van der Waals surface area contributed by atoms with Crippen LogP contribution in [0.3, 0.4) is 0 Å². The number of ether oxygens (including phenoxy) is 1. The summed E-state index contributed by atoms with van der Waals surface area (Å²) in [5.74, 6) is 0. The highest BCUT2D eigenvalue weighted by Gasteiger charge is 2.16. The predicted molar refractivity (Wildman–Crippen MR) is 97.6 cm³/mol. The summed E-state index contributed by atoms with van der Waals surface area (Å²) in [5.41, 5.74) is 2.56. The maximum atomic E-state index is 6.28. The number of benzene rings is 1. The van der Waals surface area contributed by atoms with E-state index in [4.69, 9.17) is 4.74 Å². The number of nitrogens with two attached hydrogens (primary N) is 1. The molecule has 1 heterocycles. The maximum Gasteiger partial charge on any atom is 0.174 e. The van der Waals surface area contributed by atoms with Gasteiger partial charge in [0.2, 0.25) is 0 Å². The quantitative estimate of drug-likeness (QED) is 0.177. The van der Waals surface area contributed by atoms with E-state index in [2.05, 4.69) is 85.6 Å². The topological polar surface area (TPSA) is 29.7 Å². The summed E-state index contributed by atoms with van der Waals surface area (Å²) >= 11 is 0. The summed E-state index contributed by atoms with van der Waals surface area (Å²) < 4.78 is 8.37. The molecule has 1 unspecified atom stereocenters. The first-order valence-electron chi connectivity index (χ1n) is 9.17. The van der Waals surface area contributed by atoms with Crippen molar-refractivity contribution in [3.8, 4) is 0 Å². The van der Waals surface area contributed by atoms with E-state index in [9.17, 15) is 0 Å². The van der Waals surface area contributed by atoms with E-state index >= 15 is 0 Å². The number of hydrogen-bond acceptors (Lipinski definition) is 1. The van der Waals surface area contributed by atoms with Crippen molar-refractivity contribution in [2.75, 3.05) is 13.2 Å². The monoisotopic (exact) mass is 582 g/mol. The lowest BCUT2D eigenvalue weighted by Crippen LogP contribution is -3.00. The molecule has 0 aliphatic rings. The smallest absolute Gasteiger partial charge is 0.174 e. The summed E-state index contributed by atoms with van der Waals surface area (Å²) in [5, 5.41) is 2.42. The van der Waals surface area contributed by atoms with E-state index in [1.54, 1.807) is 0 Å². The Morgan fingerprint density at radius 1 is 1.00 bits per heavy atom. The second kappa shape index (κ2) is 14.8. The van der Waals surface area contributed by atoms with Gasteiger partial charge in [-0.1, -0.05) is 44.2 Å². The van der Waals surface area contributed by atoms with Gasteiger partial charge >= 0.3 is 0 Å². The van der Waals surface area contributed by atoms with Crippen LogP contribution in [0.4, 0.5) is 0 Å². The molecule has 0 aliphatic carbocycles. The Balaban J connectivity index is 0.00000312. The van der Waals surface area contributed by atoms with Crippen LogP contribution in [0, 0.1) is 0 Å². The Hall–Kier alpha value is -0.250. The minimum atomic E-state index is 0. The normalized spacial score (nSPS) is 11.5. The highest BCUT2D eigenvalue weighted by Crippen LogP contribution is 2.21. The van der Waals surface area contributed by atoms with Crippen LogP contribution in [0.25, 0.3) is 0 Å². The number of pyridine rings is 1. The van der Waals surface area contributed by atoms with Crippen LogP contribution in [0.15, 0.2) is 54.9 Å². The van der Waals surface area contributed by atoms with Gasteiger partial charge in [0.25, 0.3) is 0 Å². The van der Waals surface area contributed by atoms with Crippen LogP contribution in [0.1, 0.15) is 43.9 Å². The lowest BCUT2D eigenvalue weighted by molar-refractivity contribution is -0.691. The van der Waals surface area contributed by atoms with E-state index < -0.39 is 0 Å². The van der Waals surface area contributed by atoms with Gasteiger partial charge in [0.1, 0.15) is 7.05 Å². The average molecular weight is 582 g/mol. The summed E-state index contributed by atoms with van der Waals surface area (Å²) in [6.07, 6.45) is 7.68. The molecule has 0 saturated heterocycles. The third kappa shape index (κ3) is 9.10. The lowest BCUT2D eigenvalue weighted by atomic mass is 10.0.